The van der Waals surface area contributed by atoms with Crippen LogP contribution < -0.4 is 4.90 Å². The van der Waals surface area contributed by atoms with Crippen LogP contribution in [0.5, 0.6) is 0 Å². The number of anilines is 1. The second kappa shape index (κ2) is 6.56. The van der Waals surface area contributed by atoms with Crippen LogP contribution in [0, 0.1) is 11.7 Å². The number of hydrogen-bond donors (Lipinski definition) is 0. The lowest BCUT2D eigenvalue weighted by Crippen LogP contribution is -2.24. The Morgan fingerprint density at radius 1 is 1.15 bits per heavy atom. The highest BCUT2D eigenvalue weighted by Gasteiger charge is 2.34. The van der Waals surface area contributed by atoms with Gasteiger partial charge in [0.25, 0.3) is 0 Å². The zero-order valence-corrected chi connectivity index (χ0v) is 15.0. The SMILES string of the molecule is CC(C)Cn1c([C@@H]2CC(=O)N(c3ccc(F)cc3)C2)nc2ccccc21. The molecule has 1 amide bonds. The number of fused-ring (bicyclic) bond motifs is 1. The molecule has 134 valence electrons. The van der Waals surface area contributed by atoms with E-state index >= 15 is 0 Å². The number of carbonyl (C=O) groups excluding carboxylic acids is 1. The molecule has 0 saturated carbocycles. The molecule has 3 aromatic rings. The summed E-state index contributed by atoms with van der Waals surface area (Å²) in [4.78, 5) is 19.2. The minimum atomic E-state index is -0.296. The van der Waals surface area contributed by atoms with Gasteiger partial charge in [-0.15, -0.1) is 0 Å². The van der Waals surface area contributed by atoms with Crippen LogP contribution in [-0.4, -0.2) is 22.0 Å². The zero-order chi connectivity index (χ0) is 18.3. The topological polar surface area (TPSA) is 38.1 Å². The van der Waals surface area contributed by atoms with Crippen molar-refractivity contribution >= 4 is 22.6 Å². The standard InChI is InChI=1S/C21H22FN3O/c1-14(2)12-25-19-6-4-3-5-18(19)23-21(25)15-11-20(26)24(13-15)17-9-7-16(22)8-10-17/h3-10,14-15H,11-13H2,1-2H3/t15-/m1/s1. The Morgan fingerprint density at radius 2 is 1.88 bits per heavy atom. The van der Waals surface area contributed by atoms with E-state index in [0.29, 0.717) is 18.9 Å². The number of hydrogen-bond acceptors (Lipinski definition) is 2. The minimum Gasteiger partial charge on any atom is -0.327 e. The molecule has 1 atom stereocenters. The molecule has 2 aromatic carbocycles. The van der Waals surface area contributed by atoms with Crippen molar-refractivity contribution in [2.75, 3.05) is 11.4 Å². The lowest BCUT2D eigenvalue weighted by atomic mass is 10.1. The van der Waals surface area contributed by atoms with Crippen molar-refractivity contribution in [3.63, 3.8) is 0 Å². The van der Waals surface area contributed by atoms with Crippen molar-refractivity contribution in [1.82, 2.24) is 9.55 Å². The van der Waals surface area contributed by atoms with E-state index in [0.717, 1.165) is 29.1 Å². The van der Waals surface area contributed by atoms with E-state index in [1.54, 1.807) is 17.0 Å². The van der Waals surface area contributed by atoms with Gasteiger partial charge in [0.2, 0.25) is 5.91 Å². The van der Waals surface area contributed by atoms with E-state index < -0.39 is 0 Å². The van der Waals surface area contributed by atoms with Crippen molar-refractivity contribution < 1.29 is 9.18 Å². The fourth-order valence-electron chi connectivity index (χ4n) is 3.71. The molecule has 26 heavy (non-hydrogen) atoms. The van der Waals surface area contributed by atoms with Gasteiger partial charge in [-0.3, -0.25) is 4.79 Å². The third-order valence-corrected chi connectivity index (χ3v) is 4.86. The second-order valence-corrected chi connectivity index (χ2v) is 7.34. The van der Waals surface area contributed by atoms with Crippen LogP contribution in [-0.2, 0) is 11.3 Å². The van der Waals surface area contributed by atoms with Crippen LogP contribution in [0.15, 0.2) is 48.5 Å². The summed E-state index contributed by atoms with van der Waals surface area (Å²) in [7, 11) is 0. The quantitative estimate of drug-likeness (QED) is 0.701. The molecule has 5 heteroatoms. The molecular formula is C21H22FN3O. The Morgan fingerprint density at radius 3 is 2.62 bits per heavy atom. The summed E-state index contributed by atoms with van der Waals surface area (Å²) in [6.45, 7) is 5.81. The van der Waals surface area contributed by atoms with Gasteiger partial charge in [0.05, 0.1) is 11.0 Å². The molecule has 1 fully saturated rings. The Balaban J connectivity index is 1.69. The number of imidazole rings is 1. The Kier molecular flexibility index (Phi) is 4.23. The molecule has 4 nitrogen and oxygen atoms in total. The summed E-state index contributed by atoms with van der Waals surface area (Å²) in [6, 6.07) is 14.2. The largest absolute Gasteiger partial charge is 0.327 e. The lowest BCUT2D eigenvalue weighted by Gasteiger charge is -2.18. The summed E-state index contributed by atoms with van der Waals surface area (Å²) in [5.74, 6) is 1.26. The number of carbonyl (C=O) groups is 1. The van der Waals surface area contributed by atoms with Crippen molar-refractivity contribution in [3.05, 3.63) is 60.2 Å². The van der Waals surface area contributed by atoms with Gasteiger partial charge in [-0.2, -0.15) is 0 Å². The molecule has 0 N–H and O–H groups in total. The van der Waals surface area contributed by atoms with E-state index in [-0.39, 0.29) is 17.6 Å². The maximum Gasteiger partial charge on any atom is 0.227 e. The van der Waals surface area contributed by atoms with Gasteiger partial charge in [0.1, 0.15) is 11.6 Å². The lowest BCUT2D eigenvalue weighted by molar-refractivity contribution is -0.117. The predicted molar refractivity (Wildman–Crippen MR) is 101 cm³/mol. The third-order valence-electron chi connectivity index (χ3n) is 4.86. The highest BCUT2D eigenvalue weighted by molar-refractivity contribution is 5.96. The summed E-state index contributed by atoms with van der Waals surface area (Å²) < 4.78 is 15.4. The van der Waals surface area contributed by atoms with Gasteiger partial charge in [-0.1, -0.05) is 26.0 Å². The molecule has 4 rings (SSSR count). The van der Waals surface area contributed by atoms with Gasteiger partial charge in [-0.25, -0.2) is 9.37 Å². The van der Waals surface area contributed by atoms with Crippen molar-refractivity contribution in [2.45, 2.75) is 32.7 Å². The van der Waals surface area contributed by atoms with Crippen molar-refractivity contribution in [2.24, 2.45) is 5.92 Å². The molecule has 0 aliphatic carbocycles. The first-order valence-corrected chi connectivity index (χ1v) is 9.04. The number of amides is 1. The Labute approximate surface area is 152 Å². The fraction of sp³-hybridized carbons (Fsp3) is 0.333. The number of rotatable bonds is 4. The molecule has 2 heterocycles. The average molecular weight is 351 g/mol. The van der Waals surface area contributed by atoms with E-state index in [9.17, 15) is 9.18 Å². The van der Waals surface area contributed by atoms with Crippen LogP contribution in [0.4, 0.5) is 10.1 Å². The Hall–Kier alpha value is -2.69. The smallest absolute Gasteiger partial charge is 0.227 e. The molecule has 1 aliphatic rings. The average Bonchev–Trinajstić information content (AvgIpc) is 3.16. The first kappa shape index (κ1) is 16.8. The normalized spacial score (nSPS) is 17.6. The monoisotopic (exact) mass is 351 g/mol. The third kappa shape index (κ3) is 2.98. The van der Waals surface area contributed by atoms with E-state index in [1.807, 2.05) is 18.2 Å². The highest BCUT2D eigenvalue weighted by atomic mass is 19.1. The van der Waals surface area contributed by atoms with Crippen LogP contribution in [0.1, 0.15) is 32.0 Å². The number of para-hydroxylation sites is 2. The molecule has 0 unspecified atom stereocenters. The molecule has 0 radical (unpaired) electrons. The number of benzene rings is 2. The van der Waals surface area contributed by atoms with Gasteiger partial charge >= 0.3 is 0 Å². The minimum absolute atomic E-state index is 0.0405. The zero-order valence-electron chi connectivity index (χ0n) is 15.0. The number of nitrogens with zero attached hydrogens (tertiary/aromatic N) is 3. The summed E-state index contributed by atoms with van der Waals surface area (Å²) in [5, 5.41) is 0. The fourth-order valence-corrected chi connectivity index (χ4v) is 3.71. The van der Waals surface area contributed by atoms with Gasteiger partial charge in [0.15, 0.2) is 0 Å². The van der Waals surface area contributed by atoms with Crippen LogP contribution in [0.2, 0.25) is 0 Å². The Bertz CT molecular complexity index is 946. The molecule has 1 saturated heterocycles. The van der Waals surface area contributed by atoms with Crippen molar-refractivity contribution in [1.29, 1.82) is 0 Å². The van der Waals surface area contributed by atoms with Gasteiger partial charge in [-0.05, 0) is 42.3 Å². The maximum absolute atomic E-state index is 13.2. The van der Waals surface area contributed by atoms with Crippen LogP contribution in [0.3, 0.4) is 0 Å². The van der Waals surface area contributed by atoms with E-state index in [1.165, 1.54) is 12.1 Å². The first-order chi connectivity index (χ1) is 12.5. The maximum atomic E-state index is 13.2. The number of halogens is 1. The predicted octanol–water partition coefficient (Wildman–Crippen LogP) is 4.35. The summed E-state index contributed by atoms with van der Waals surface area (Å²) >= 11 is 0. The second-order valence-electron chi connectivity index (χ2n) is 7.34. The van der Waals surface area contributed by atoms with Crippen LogP contribution in [0.25, 0.3) is 11.0 Å². The summed E-state index contributed by atoms with van der Waals surface area (Å²) in [6.07, 6.45) is 0.429. The molecule has 1 aliphatic heterocycles. The number of aromatic nitrogens is 2. The van der Waals surface area contributed by atoms with Gasteiger partial charge in [0, 0.05) is 31.1 Å². The molecule has 1 aromatic heterocycles. The first-order valence-electron chi connectivity index (χ1n) is 9.04. The van der Waals surface area contributed by atoms with Crippen molar-refractivity contribution in [3.8, 4) is 0 Å². The molecular weight excluding hydrogens is 329 g/mol. The van der Waals surface area contributed by atoms with E-state index in [2.05, 4.69) is 24.5 Å². The van der Waals surface area contributed by atoms with Crippen LogP contribution >= 0.6 is 0 Å². The summed E-state index contributed by atoms with van der Waals surface area (Å²) in [5.41, 5.74) is 2.82. The highest BCUT2D eigenvalue weighted by Crippen LogP contribution is 2.33. The van der Waals surface area contributed by atoms with E-state index in [4.69, 9.17) is 4.98 Å². The van der Waals surface area contributed by atoms with Gasteiger partial charge < -0.3 is 9.47 Å². The molecule has 0 spiro atoms. The molecule has 0 bridgehead atoms.